The van der Waals surface area contributed by atoms with E-state index in [1.54, 1.807) is 24.3 Å². The lowest BCUT2D eigenvalue weighted by Gasteiger charge is -2.15. The second-order valence-corrected chi connectivity index (χ2v) is 7.94. The van der Waals surface area contributed by atoms with Gasteiger partial charge in [-0.3, -0.25) is 7.91 Å². The van der Waals surface area contributed by atoms with Crippen LogP contribution in [0.4, 0.5) is 11.5 Å². The van der Waals surface area contributed by atoms with Gasteiger partial charge in [-0.25, -0.2) is 4.98 Å². The first-order chi connectivity index (χ1) is 14.0. The number of nitrogen functional groups attached to an aromatic ring is 1. The van der Waals surface area contributed by atoms with E-state index < -0.39 is 0 Å². The second-order valence-electron chi connectivity index (χ2n) is 5.91. The first-order valence-electron chi connectivity index (χ1n) is 8.39. The fraction of sp³-hybridized carbons (Fsp3) is 0.0476. The lowest BCUT2D eigenvalue weighted by molar-refractivity contribution is -0.115. The number of carbonyl (C=O) groups is 1. The summed E-state index contributed by atoms with van der Waals surface area (Å²) in [6.45, 7) is 1.47. The molecule has 0 radical (unpaired) electrons. The highest BCUT2D eigenvalue weighted by Crippen LogP contribution is 2.38. The molecular weight excluding hydrogens is 497 g/mol. The van der Waals surface area contributed by atoms with E-state index in [2.05, 4.69) is 17.1 Å². The molecule has 6 nitrogen and oxygen atoms in total. The molecule has 29 heavy (non-hydrogen) atoms. The van der Waals surface area contributed by atoms with Crippen LogP contribution in [0.3, 0.4) is 0 Å². The van der Waals surface area contributed by atoms with Gasteiger partial charge in [0.2, 0.25) is 5.91 Å². The topological polar surface area (TPSA) is 107 Å². The minimum atomic E-state index is -0.108. The Labute approximate surface area is 186 Å². The van der Waals surface area contributed by atoms with Crippen LogP contribution in [0.1, 0.15) is 18.1 Å². The van der Waals surface area contributed by atoms with Gasteiger partial charge in [-0.1, -0.05) is 42.1 Å². The molecule has 2 aromatic carbocycles. The fourth-order valence-electron chi connectivity index (χ4n) is 2.70. The van der Waals surface area contributed by atoms with E-state index in [-0.39, 0.29) is 22.9 Å². The predicted octanol–water partition coefficient (Wildman–Crippen LogP) is 4.93. The van der Waals surface area contributed by atoms with Crippen LogP contribution in [0.15, 0.2) is 64.5 Å². The van der Waals surface area contributed by atoms with Crippen molar-refractivity contribution >= 4 is 52.0 Å². The normalized spacial score (nSPS) is 10.1. The number of rotatable bonds is 4. The zero-order valence-corrected chi connectivity index (χ0v) is 18.2. The van der Waals surface area contributed by atoms with Crippen LogP contribution in [0.5, 0.6) is 0 Å². The van der Waals surface area contributed by atoms with Crippen LogP contribution in [-0.4, -0.2) is 10.9 Å². The first kappa shape index (κ1) is 20.6. The summed E-state index contributed by atoms with van der Waals surface area (Å²) in [7, 11) is 0. The molecule has 0 aliphatic carbocycles. The summed E-state index contributed by atoms with van der Waals surface area (Å²) in [4.78, 5) is 16.8. The molecule has 0 aliphatic rings. The van der Waals surface area contributed by atoms with Gasteiger partial charge in [0.1, 0.15) is 28.5 Å². The SMILES string of the molecule is CC(=O)N(I)c1ccc(-c2c(C#N)c(N)nc(Sc3ccccc3)c2C#N)cc1. The highest BCUT2D eigenvalue weighted by Gasteiger charge is 2.21. The third kappa shape index (κ3) is 4.34. The zero-order valence-electron chi connectivity index (χ0n) is 15.3. The molecule has 2 N–H and O–H groups in total. The van der Waals surface area contributed by atoms with Crippen molar-refractivity contribution in [2.75, 3.05) is 8.85 Å². The van der Waals surface area contributed by atoms with Gasteiger partial charge in [0.05, 0.1) is 34.1 Å². The van der Waals surface area contributed by atoms with Crippen molar-refractivity contribution in [2.24, 2.45) is 0 Å². The number of anilines is 2. The number of halogens is 1. The Morgan fingerprint density at radius 1 is 1.07 bits per heavy atom. The number of amides is 1. The van der Waals surface area contributed by atoms with Crippen LogP contribution in [0.2, 0.25) is 0 Å². The minimum Gasteiger partial charge on any atom is -0.383 e. The van der Waals surface area contributed by atoms with Crippen molar-refractivity contribution in [3.05, 3.63) is 65.7 Å². The predicted molar refractivity (Wildman–Crippen MR) is 121 cm³/mol. The number of aromatic nitrogens is 1. The molecule has 0 saturated carbocycles. The number of carbonyl (C=O) groups excluding carboxylic acids is 1. The molecule has 0 atom stereocenters. The molecule has 3 aromatic rings. The van der Waals surface area contributed by atoms with Crippen molar-refractivity contribution in [1.29, 1.82) is 10.5 Å². The van der Waals surface area contributed by atoms with E-state index >= 15 is 0 Å². The molecule has 1 aromatic heterocycles. The molecule has 1 amide bonds. The lowest BCUT2D eigenvalue weighted by atomic mass is 9.96. The largest absolute Gasteiger partial charge is 0.383 e. The first-order valence-corrected chi connectivity index (χ1v) is 10.2. The van der Waals surface area contributed by atoms with Gasteiger partial charge >= 0.3 is 0 Å². The van der Waals surface area contributed by atoms with Crippen molar-refractivity contribution < 1.29 is 4.79 Å². The monoisotopic (exact) mass is 511 g/mol. The molecule has 0 fully saturated rings. The van der Waals surface area contributed by atoms with E-state index in [9.17, 15) is 15.3 Å². The van der Waals surface area contributed by atoms with Crippen LogP contribution in [0, 0.1) is 22.7 Å². The lowest BCUT2D eigenvalue weighted by Crippen LogP contribution is -2.15. The maximum Gasteiger partial charge on any atom is 0.232 e. The Morgan fingerprint density at radius 3 is 2.24 bits per heavy atom. The molecule has 142 valence electrons. The van der Waals surface area contributed by atoms with Gasteiger partial charge in [0.15, 0.2) is 0 Å². The Morgan fingerprint density at radius 2 is 1.69 bits per heavy atom. The molecular formula is C21H14IN5OS. The van der Waals surface area contributed by atoms with Gasteiger partial charge in [-0.05, 0) is 29.8 Å². The number of hydrogen-bond acceptors (Lipinski definition) is 6. The van der Waals surface area contributed by atoms with Crippen LogP contribution < -0.4 is 8.85 Å². The van der Waals surface area contributed by atoms with E-state index in [1.165, 1.54) is 21.8 Å². The molecule has 0 unspecified atom stereocenters. The third-order valence-electron chi connectivity index (χ3n) is 4.03. The van der Waals surface area contributed by atoms with E-state index in [4.69, 9.17) is 5.73 Å². The van der Waals surface area contributed by atoms with Gasteiger partial charge in [-0.15, -0.1) is 0 Å². The standard InChI is InChI=1S/C21H14IN5OS/c1-13(28)27(22)15-9-7-14(8-10-15)19-17(11-23)20(25)26-21(18(19)12-24)29-16-5-3-2-4-6-16/h2-10H,1H3,(H2,25,26). The summed E-state index contributed by atoms with van der Waals surface area (Å²) in [5.74, 6) is -0.0354. The Kier molecular flexibility index (Phi) is 6.37. The van der Waals surface area contributed by atoms with E-state index in [0.29, 0.717) is 21.8 Å². The quantitative estimate of drug-likeness (QED) is 0.393. The van der Waals surface area contributed by atoms with Gasteiger partial charge < -0.3 is 5.73 Å². The van der Waals surface area contributed by atoms with E-state index in [1.807, 2.05) is 53.2 Å². The maximum atomic E-state index is 11.6. The highest BCUT2D eigenvalue weighted by molar-refractivity contribution is 14.1. The summed E-state index contributed by atoms with van der Waals surface area (Å²) >= 11 is 3.24. The Balaban J connectivity index is 2.16. The maximum absolute atomic E-state index is 11.6. The summed E-state index contributed by atoms with van der Waals surface area (Å²) in [6.07, 6.45) is 0. The van der Waals surface area contributed by atoms with Crippen molar-refractivity contribution in [1.82, 2.24) is 4.98 Å². The van der Waals surface area contributed by atoms with E-state index in [0.717, 1.165) is 4.90 Å². The van der Waals surface area contributed by atoms with Crippen molar-refractivity contribution in [3.63, 3.8) is 0 Å². The molecule has 0 bridgehead atoms. The second kappa shape index (κ2) is 8.95. The molecule has 3 rings (SSSR count). The fourth-order valence-corrected chi connectivity index (χ4v) is 3.93. The Bertz CT molecular complexity index is 1150. The average Bonchev–Trinajstić information content (AvgIpc) is 2.73. The number of nitrogens with zero attached hydrogens (tertiary/aromatic N) is 4. The molecule has 0 saturated heterocycles. The Hall–Kier alpha value is -3.08. The van der Waals surface area contributed by atoms with Gasteiger partial charge in [0.25, 0.3) is 0 Å². The van der Waals surface area contributed by atoms with Crippen molar-refractivity contribution in [2.45, 2.75) is 16.8 Å². The summed E-state index contributed by atoms with van der Waals surface area (Å²) in [5, 5.41) is 19.9. The minimum absolute atomic E-state index is 0.0725. The molecule has 0 spiro atoms. The summed E-state index contributed by atoms with van der Waals surface area (Å²) in [6, 6.07) is 20.8. The van der Waals surface area contributed by atoms with Crippen molar-refractivity contribution in [3.8, 4) is 23.3 Å². The number of benzene rings is 2. The van der Waals surface area contributed by atoms with Gasteiger partial charge in [0, 0.05) is 17.4 Å². The summed E-state index contributed by atoms with van der Waals surface area (Å²) < 4.78 is 1.48. The number of pyridine rings is 1. The number of hydrogen-bond donors (Lipinski definition) is 1. The van der Waals surface area contributed by atoms with Gasteiger partial charge in [-0.2, -0.15) is 10.5 Å². The smallest absolute Gasteiger partial charge is 0.232 e. The number of nitrogens with two attached hydrogens (primary N) is 1. The zero-order chi connectivity index (χ0) is 21.0. The highest BCUT2D eigenvalue weighted by atomic mass is 127. The molecule has 1 heterocycles. The average molecular weight is 511 g/mol. The third-order valence-corrected chi connectivity index (χ3v) is 6.27. The molecule has 8 heteroatoms. The number of nitriles is 2. The van der Waals surface area contributed by atoms with Crippen LogP contribution in [-0.2, 0) is 4.79 Å². The van der Waals surface area contributed by atoms with Crippen LogP contribution >= 0.6 is 34.6 Å². The molecule has 0 aliphatic heterocycles. The summed E-state index contributed by atoms with van der Waals surface area (Å²) in [5.41, 5.74) is 8.29. The van der Waals surface area contributed by atoms with Crippen LogP contribution in [0.25, 0.3) is 11.1 Å².